The minimum Gasteiger partial charge on any atom is -0.354 e. The molecule has 5 rings (SSSR count). The van der Waals surface area contributed by atoms with E-state index < -0.39 is 5.54 Å². The molecule has 0 fully saturated rings. The van der Waals surface area contributed by atoms with E-state index in [9.17, 15) is 9.59 Å². The van der Waals surface area contributed by atoms with Crippen LogP contribution in [0.2, 0.25) is 0 Å². The van der Waals surface area contributed by atoms with Gasteiger partial charge >= 0.3 is 6.03 Å². The highest BCUT2D eigenvalue weighted by Gasteiger charge is 2.43. The average Bonchev–Trinajstić information content (AvgIpc) is 2.71. The van der Waals surface area contributed by atoms with Crippen LogP contribution in [0.5, 0.6) is 0 Å². The number of urea groups is 1. The topological polar surface area (TPSA) is 70.2 Å². The summed E-state index contributed by atoms with van der Waals surface area (Å²) in [6.07, 6.45) is 1.03. The van der Waals surface area contributed by atoms with Crippen molar-refractivity contribution in [3.05, 3.63) is 70.8 Å². The first-order valence-corrected chi connectivity index (χ1v) is 9.88. The molecule has 0 saturated heterocycles. The zero-order valence-electron chi connectivity index (χ0n) is 16.6. The lowest BCUT2D eigenvalue weighted by Gasteiger charge is -2.45. The van der Waals surface area contributed by atoms with E-state index in [1.54, 1.807) is 13.8 Å². The zero-order chi connectivity index (χ0) is 19.9. The Kier molecular flexibility index (Phi) is 4.61. The Balaban J connectivity index is 1.55. The molecule has 2 aromatic rings. The van der Waals surface area contributed by atoms with Gasteiger partial charge in [0.05, 0.1) is 0 Å². The maximum absolute atomic E-state index is 12.7. The van der Waals surface area contributed by atoms with Crippen molar-refractivity contribution >= 4 is 11.9 Å². The van der Waals surface area contributed by atoms with Crippen LogP contribution < -0.4 is 16.0 Å². The summed E-state index contributed by atoms with van der Waals surface area (Å²) >= 11 is 0. The van der Waals surface area contributed by atoms with Gasteiger partial charge in [-0.2, -0.15) is 0 Å². The van der Waals surface area contributed by atoms with Gasteiger partial charge in [0.1, 0.15) is 5.54 Å². The lowest BCUT2D eigenvalue weighted by Crippen LogP contribution is -2.57. The third-order valence-electron chi connectivity index (χ3n) is 6.17. The molecular weight excluding hydrogens is 350 g/mol. The highest BCUT2D eigenvalue weighted by Crippen LogP contribution is 2.55. The highest BCUT2D eigenvalue weighted by atomic mass is 16.2. The molecule has 3 amide bonds. The maximum Gasteiger partial charge on any atom is 0.315 e. The van der Waals surface area contributed by atoms with Gasteiger partial charge in [-0.3, -0.25) is 4.79 Å². The second kappa shape index (κ2) is 6.97. The predicted octanol–water partition coefficient (Wildman–Crippen LogP) is 3.11. The van der Waals surface area contributed by atoms with Crippen LogP contribution in [0.3, 0.4) is 0 Å². The van der Waals surface area contributed by atoms with Crippen LogP contribution >= 0.6 is 0 Å². The predicted molar refractivity (Wildman–Crippen MR) is 109 cm³/mol. The van der Waals surface area contributed by atoms with Gasteiger partial charge < -0.3 is 16.0 Å². The molecule has 146 valence electrons. The average molecular weight is 377 g/mol. The molecule has 3 aliphatic rings. The number of fused-ring (bicyclic) bond motifs is 1. The molecule has 2 aromatic carbocycles. The third kappa shape index (κ3) is 3.05. The van der Waals surface area contributed by atoms with Gasteiger partial charge in [0, 0.05) is 25.4 Å². The molecule has 0 radical (unpaired) electrons. The quantitative estimate of drug-likeness (QED) is 0.766. The largest absolute Gasteiger partial charge is 0.354 e. The van der Waals surface area contributed by atoms with Gasteiger partial charge in [-0.15, -0.1) is 0 Å². The molecule has 0 aliphatic heterocycles. The number of carbonyl (C=O) groups excluding carboxylic acids is 2. The van der Waals surface area contributed by atoms with E-state index in [1.807, 2.05) is 0 Å². The molecule has 28 heavy (non-hydrogen) atoms. The van der Waals surface area contributed by atoms with E-state index >= 15 is 0 Å². The van der Waals surface area contributed by atoms with Crippen LogP contribution in [0.15, 0.2) is 48.5 Å². The van der Waals surface area contributed by atoms with Crippen LogP contribution in [-0.2, 0) is 4.79 Å². The summed E-state index contributed by atoms with van der Waals surface area (Å²) in [5.41, 5.74) is 4.66. The normalized spacial score (nSPS) is 22.0. The molecule has 0 unspecified atom stereocenters. The van der Waals surface area contributed by atoms with E-state index in [1.165, 1.54) is 29.3 Å². The molecule has 3 aliphatic carbocycles. The fourth-order valence-electron chi connectivity index (χ4n) is 4.81. The van der Waals surface area contributed by atoms with Gasteiger partial charge in [-0.25, -0.2) is 4.79 Å². The van der Waals surface area contributed by atoms with Gasteiger partial charge in [-0.1, -0.05) is 48.5 Å². The lowest BCUT2D eigenvalue weighted by atomic mass is 9.59. The Morgan fingerprint density at radius 1 is 0.964 bits per heavy atom. The standard InChI is InChI=1S/C23H27N3O2/c1-23(2,26-22(28)24-3)21(27)25-13-14-12-19-15-8-4-6-10-17(15)20(14)18-11-7-5-9-16(18)19/h4-11,14,19-20H,12-13H2,1-3H3,(H,25,27)(H2,24,26,28)/t14-,19?,20?/m0/s1. The molecule has 0 saturated carbocycles. The number of nitrogens with one attached hydrogen (secondary N) is 3. The molecule has 5 nitrogen and oxygen atoms in total. The first kappa shape index (κ1) is 18.5. The van der Waals surface area contributed by atoms with Gasteiger partial charge in [0.2, 0.25) is 5.91 Å². The third-order valence-corrected chi connectivity index (χ3v) is 6.17. The smallest absolute Gasteiger partial charge is 0.315 e. The van der Waals surface area contributed by atoms with E-state index in [2.05, 4.69) is 64.5 Å². The molecule has 0 spiro atoms. The van der Waals surface area contributed by atoms with Crippen molar-refractivity contribution in [2.24, 2.45) is 5.92 Å². The molecule has 2 bridgehead atoms. The summed E-state index contributed by atoms with van der Waals surface area (Å²) in [6.45, 7) is 4.03. The summed E-state index contributed by atoms with van der Waals surface area (Å²) in [6, 6.07) is 17.0. The monoisotopic (exact) mass is 377 g/mol. The Labute approximate surface area is 165 Å². The van der Waals surface area contributed by atoms with Gasteiger partial charge in [0.25, 0.3) is 0 Å². The SMILES string of the molecule is CNC(=O)NC(C)(C)C(=O)NC[C@@H]1CC2c3ccccc3C1c1ccccc12. The first-order chi connectivity index (χ1) is 13.4. The molecule has 1 atom stereocenters. The number of benzene rings is 2. The Bertz CT molecular complexity index is 874. The minimum atomic E-state index is -0.969. The summed E-state index contributed by atoms with van der Waals surface area (Å²) < 4.78 is 0. The van der Waals surface area contributed by atoms with Crippen LogP contribution in [0.1, 0.15) is 54.4 Å². The number of amides is 3. The van der Waals surface area contributed by atoms with Gasteiger partial charge in [-0.05, 0) is 48.4 Å². The second-order valence-corrected chi connectivity index (χ2v) is 8.32. The van der Waals surface area contributed by atoms with Crippen LogP contribution in [0.25, 0.3) is 0 Å². The van der Waals surface area contributed by atoms with E-state index in [0.29, 0.717) is 24.3 Å². The fourth-order valence-corrected chi connectivity index (χ4v) is 4.81. The Morgan fingerprint density at radius 3 is 2.04 bits per heavy atom. The Morgan fingerprint density at radius 2 is 1.50 bits per heavy atom. The number of hydrogen-bond donors (Lipinski definition) is 3. The van der Waals surface area contributed by atoms with Gasteiger partial charge in [0.15, 0.2) is 0 Å². The molecule has 0 heterocycles. The minimum absolute atomic E-state index is 0.167. The molecule has 5 heteroatoms. The number of carbonyl (C=O) groups is 2. The van der Waals surface area contributed by atoms with Crippen molar-refractivity contribution in [3.8, 4) is 0 Å². The molecular formula is C23H27N3O2. The second-order valence-electron chi connectivity index (χ2n) is 8.32. The zero-order valence-corrected chi connectivity index (χ0v) is 16.6. The molecule has 3 N–H and O–H groups in total. The molecule has 0 aromatic heterocycles. The lowest BCUT2D eigenvalue weighted by molar-refractivity contribution is -0.126. The van der Waals surface area contributed by atoms with Crippen molar-refractivity contribution in [3.63, 3.8) is 0 Å². The number of rotatable bonds is 4. The van der Waals surface area contributed by atoms with Crippen molar-refractivity contribution < 1.29 is 9.59 Å². The van der Waals surface area contributed by atoms with E-state index in [4.69, 9.17) is 0 Å². The fraction of sp³-hybridized carbons (Fsp3) is 0.391. The summed E-state index contributed by atoms with van der Waals surface area (Å²) in [5.74, 6) is 0.859. The first-order valence-electron chi connectivity index (χ1n) is 9.88. The van der Waals surface area contributed by atoms with E-state index in [-0.39, 0.29) is 11.9 Å². The van der Waals surface area contributed by atoms with Crippen LogP contribution in [0.4, 0.5) is 4.79 Å². The van der Waals surface area contributed by atoms with Crippen LogP contribution in [-0.4, -0.2) is 31.1 Å². The van der Waals surface area contributed by atoms with E-state index in [0.717, 1.165) is 6.42 Å². The summed E-state index contributed by atoms with van der Waals surface area (Å²) in [7, 11) is 1.54. The van der Waals surface area contributed by atoms with Crippen molar-refractivity contribution in [2.45, 2.75) is 37.6 Å². The number of hydrogen-bond acceptors (Lipinski definition) is 2. The Hall–Kier alpha value is -2.82. The van der Waals surface area contributed by atoms with Crippen molar-refractivity contribution in [2.75, 3.05) is 13.6 Å². The summed E-state index contributed by atoms with van der Waals surface area (Å²) in [5, 5.41) is 8.28. The van der Waals surface area contributed by atoms with Crippen molar-refractivity contribution in [1.82, 2.24) is 16.0 Å². The van der Waals surface area contributed by atoms with Crippen LogP contribution in [0, 0.1) is 5.92 Å². The highest BCUT2D eigenvalue weighted by molar-refractivity contribution is 5.90. The van der Waals surface area contributed by atoms with Crippen molar-refractivity contribution in [1.29, 1.82) is 0 Å². The summed E-state index contributed by atoms with van der Waals surface area (Å²) in [4.78, 5) is 24.3. The maximum atomic E-state index is 12.7.